The number of likely N-dealkylation sites (N-methyl/N-ethyl adjacent to an activating group) is 1. The van der Waals surface area contributed by atoms with Gasteiger partial charge in [0.1, 0.15) is 24.4 Å². The molecule has 152 valence electrons. The number of carbonyl (C=O) groups is 1. The molecule has 0 amide bonds. The Kier molecular flexibility index (Phi) is 7.48. The molecule has 2 aliphatic heterocycles. The predicted octanol–water partition coefficient (Wildman–Crippen LogP) is -2.50. The van der Waals surface area contributed by atoms with Gasteiger partial charge in [-0.05, 0) is 20.4 Å². The van der Waals surface area contributed by atoms with Crippen LogP contribution in [0.3, 0.4) is 0 Å². The minimum atomic E-state index is -1.98. The maximum atomic E-state index is 11.5. The van der Waals surface area contributed by atoms with Crippen molar-refractivity contribution in [1.29, 1.82) is 0 Å². The van der Waals surface area contributed by atoms with Gasteiger partial charge in [-0.15, -0.1) is 0 Å². The summed E-state index contributed by atoms with van der Waals surface area (Å²) in [6.07, 6.45) is -6.97. The van der Waals surface area contributed by atoms with E-state index in [0.29, 0.717) is 19.3 Å². The first-order chi connectivity index (χ1) is 12.3. The number of aliphatic hydroxyl groups excluding tert-OH is 3. The highest BCUT2D eigenvalue weighted by Gasteiger charge is 2.58. The molecule has 0 unspecified atom stereocenters. The zero-order chi connectivity index (χ0) is 19.5. The van der Waals surface area contributed by atoms with E-state index in [2.05, 4.69) is 5.32 Å². The normalized spacial score (nSPS) is 46.4. The summed E-state index contributed by atoms with van der Waals surface area (Å²) in [5, 5.41) is 43.1. The lowest BCUT2D eigenvalue weighted by molar-refractivity contribution is -0.306. The third-order valence-electron chi connectivity index (χ3n) is 4.86. The third-order valence-corrected chi connectivity index (χ3v) is 4.86. The average molecular weight is 379 g/mol. The molecule has 2 rings (SSSR count). The summed E-state index contributed by atoms with van der Waals surface area (Å²) in [6.45, 7) is 3.20. The monoisotopic (exact) mass is 379 g/mol. The van der Waals surface area contributed by atoms with E-state index in [9.17, 15) is 25.2 Å². The van der Waals surface area contributed by atoms with Gasteiger partial charge in [0.05, 0.1) is 18.8 Å². The Morgan fingerprint density at radius 2 is 1.92 bits per heavy atom. The molecule has 26 heavy (non-hydrogen) atoms. The van der Waals surface area contributed by atoms with Crippen LogP contribution in [0, 0.1) is 0 Å². The van der Waals surface area contributed by atoms with E-state index in [1.807, 2.05) is 6.92 Å². The molecule has 0 aromatic heterocycles. The van der Waals surface area contributed by atoms with E-state index >= 15 is 0 Å². The van der Waals surface area contributed by atoms with Crippen LogP contribution in [0.2, 0.25) is 0 Å². The molecule has 0 aromatic rings. The first-order valence-electron chi connectivity index (χ1n) is 8.74. The molecule has 2 fully saturated rings. The highest BCUT2D eigenvalue weighted by Crippen LogP contribution is 2.35. The van der Waals surface area contributed by atoms with Crippen LogP contribution < -0.4 is 5.32 Å². The SMILES string of the molecule is CCCO[C@H]1O[C@H](C)[C@](O)(C=O)[C@@H]1O[C@H]1O[C@H](CO)[C@H](O)[C@H](O)[C@H]1NC. The number of hydrogen-bond donors (Lipinski definition) is 5. The van der Waals surface area contributed by atoms with Gasteiger partial charge in [-0.2, -0.15) is 0 Å². The van der Waals surface area contributed by atoms with Crippen LogP contribution in [0.4, 0.5) is 0 Å². The summed E-state index contributed by atoms with van der Waals surface area (Å²) in [7, 11) is 1.53. The summed E-state index contributed by atoms with van der Waals surface area (Å²) in [5.41, 5.74) is -1.98. The van der Waals surface area contributed by atoms with Crippen LogP contribution in [0.15, 0.2) is 0 Å². The lowest BCUT2D eigenvalue weighted by Gasteiger charge is -2.43. The molecule has 9 atom stereocenters. The Hall–Kier alpha value is -0.690. The maximum Gasteiger partial charge on any atom is 0.187 e. The van der Waals surface area contributed by atoms with Crippen molar-refractivity contribution >= 4 is 6.29 Å². The number of carbonyl (C=O) groups excluding carboxylic acids is 1. The Balaban J connectivity index is 2.23. The van der Waals surface area contributed by atoms with E-state index in [0.717, 1.165) is 0 Å². The van der Waals surface area contributed by atoms with E-state index in [1.54, 1.807) is 0 Å². The molecule has 0 radical (unpaired) electrons. The molecular formula is C16H29NO9. The second-order valence-electron chi connectivity index (χ2n) is 6.60. The zero-order valence-corrected chi connectivity index (χ0v) is 15.1. The van der Waals surface area contributed by atoms with Crippen molar-refractivity contribution in [3.63, 3.8) is 0 Å². The minimum absolute atomic E-state index is 0.327. The van der Waals surface area contributed by atoms with Crippen LogP contribution in [0.5, 0.6) is 0 Å². The number of nitrogens with one attached hydrogen (secondary N) is 1. The van der Waals surface area contributed by atoms with Gasteiger partial charge in [0.15, 0.2) is 24.5 Å². The van der Waals surface area contributed by atoms with Crippen molar-refractivity contribution in [3.05, 3.63) is 0 Å². The Bertz CT molecular complexity index is 467. The summed E-state index contributed by atoms with van der Waals surface area (Å²) in [4.78, 5) is 11.5. The molecule has 10 nitrogen and oxygen atoms in total. The number of ether oxygens (including phenoxy) is 4. The fourth-order valence-electron chi connectivity index (χ4n) is 3.18. The molecule has 0 bridgehead atoms. The van der Waals surface area contributed by atoms with E-state index < -0.39 is 61.3 Å². The molecule has 0 aromatic carbocycles. The molecule has 2 aliphatic rings. The van der Waals surface area contributed by atoms with Gasteiger partial charge >= 0.3 is 0 Å². The van der Waals surface area contributed by atoms with Gasteiger partial charge in [-0.3, -0.25) is 4.79 Å². The maximum absolute atomic E-state index is 11.5. The molecule has 5 N–H and O–H groups in total. The van der Waals surface area contributed by atoms with Crippen molar-refractivity contribution < 1.29 is 44.2 Å². The van der Waals surface area contributed by atoms with E-state index in [1.165, 1.54) is 14.0 Å². The largest absolute Gasteiger partial charge is 0.394 e. The number of hydrogen-bond acceptors (Lipinski definition) is 10. The molecule has 2 heterocycles. The van der Waals surface area contributed by atoms with Crippen LogP contribution >= 0.6 is 0 Å². The second-order valence-corrected chi connectivity index (χ2v) is 6.60. The first kappa shape index (κ1) is 21.6. The number of aliphatic hydroxyl groups is 4. The summed E-state index contributed by atoms with van der Waals surface area (Å²) >= 11 is 0. The third kappa shape index (κ3) is 3.93. The molecular weight excluding hydrogens is 350 g/mol. The van der Waals surface area contributed by atoms with E-state index in [-0.39, 0.29) is 0 Å². The lowest BCUT2D eigenvalue weighted by Crippen LogP contribution is -2.65. The molecule has 0 spiro atoms. The average Bonchev–Trinajstić information content (AvgIpc) is 2.87. The number of rotatable bonds is 8. The standard InChI is InChI=1S/C16H29NO9/c1-4-5-23-15-13(16(22,7-19)8(2)24-15)26-14-10(17-3)12(21)11(20)9(6-18)25-14/h7-15,17-18,20-22H,4-6H2,1-3H3/t8-,9-,10-,11+,12-,13-,14-,15+,16-/m1/s1. The van der Waals surface area contributed by atoms with Gasteiger partial charge < -0.3 is 44.7 Å². The predicted molar refractivity (Wildman–Crippen MR) is 87.1 cm³/mol. The number of aldehydes is 1. The fraction of sp³-hybridized carbons (Fsp3) is 0.938. The van der Waals surface area contributed by atoms with Crippen LogP contribution in [-0.2, 0) is 23.7 Å². The van der Waals surface area contributed by atoms with Gasteiger partial charge in [-0.25, -0.2) is 0 Å². The van der Waals surface area contributed by atoms with E-state index in [4.69, 9.17) is 18.9 Å². The zero-order valence-electron chi connectivity index (χ0n) is 15.1. The summed E-state index contributed by atoms with van der Waals surface area (Å²) in [5.74, 6) is 0. The van der Waals surface area contributed by atoms with Gasteiger partial charge in [0, 0.05) is 6.61 Å². The first-order valence-corrected chi connectivity index (χ1v) is 8.74. The highest BCUT2D eigenvalue weighted by molar-refractivity contribution is 5.65. The molecule has 2 saturated heterocycles. The van der Waals surface area contributed by atoms with Crippen molar-refractivity contribution in [2.45, 2.75) is 75.0 Å². The Labute approximate surface area is 152 Å². The second kappa shape index (κ2) is 9.00. The fourth-order valence-corrected chi connectivity index (χ4v) is 3.18. The van der Waals surface area contributed by atoms with Crippen molar-refractivity contribution in [2.24, 2.45) is 0 Å². The minimum Gasteiger partial charge on any atom is -0.394 e. The van der Waals surface area contributed by atoms with Gasteiger partial charge in [0.2, 0.25) is 0 Å². The van der Waals surface area contributed by atoms with Gasteiger partial charge in [0.25, 0.3) is 0 Å². The van der Waals surface area contributed by atoms with Crippen LogP contribution in [-0.4, -0.2) is 102 Å². The van der Waals surface area contributed by atoms with Crippen molar-refractivity contribution in [3.8, 4) is 0 Å². The molecule has 0 saturated carbocycles. The Morgan fingerprint density at radius 1 is 1.23 bits per heavy atom. The highest BCUT2D eigenvalue weighted by atomic mass is 16.8. The van der Waals surface area contributed by atoms with Gasteiger partial charge in [-0.1, -0.05) is 6.92 Å². The summed E-state index contributed by atoms with van der Waals surface area (Å²) in [6, 6.07) is -0.869. The lowest BCUT2D eigenvalue weighted by atomic mass is 9.94. The van der Waals surface area contributed by atoms with Crippen LogP contribution in [0.1, 0.15) is 20.3 Å². The van der Waals surface area contributed by atoms with Crippen LogP contribution in [0.25, 0.3) is 0 Å². The quantitative estimate of drug-likeness (QED) is 0.287. The van der Waals surface area contributed by atoms with Crippen molar-refractivity contribution in [2.75, 3.05) is 20.3 Å². The summed E-state index contributed by atoms with van der Waals surface area (Å²) < 4.78 is 22.4. The molecule has 10 heteroatoms. The Morgan fingerprint density at radius 3 is 2.46 bits per heavy atom. The molecule has 0 aliphatic carbocycles. The smallest absolute Gasteiger partial charge is 0.187 e. The topological polar surface area (TPSA) is 147 Å². The van der Waals surface area contributed by atoms with Crippen molar-refractivity contribution in [1.82, 2.24) is 5.32 Å².